The molecular formula is C28H31Cl3N2O5. The van der Waals surface area contributed by atoms with Gasteiger partial charge in [0.05, 0.1) is 22.7 Å². The van der Waals surface area contributed by atoms with Crippen LogP contribution in [0.15, 0.2) is 36.4 Å². The highest BCUT2D eigenvalue weighted by atomic mass is 35.5. The van der Waals surface area contributed by atoms with Crippen molar-refractivity contribution >= 4 is 64.1 Å². The fourth-order valence-electron chi connectivity index (χ4n) is 5.11. The molecule has 0 unspecified atom stereocenters. The molecule has 0 radical (unpaired) electrons. The number of hydrogen-bond acceptors (Lipinski definition) is 5. The smallest absolute Gasteiger partial charge is 0.328 e. The number of Topliss-reactive ketones (excluding diaryl/α,β-unsaturated/α-hetero) is 1. The zero-order valence-corrected chi connectivity index (χ0v) is 24.2. The number of carbonyl (C=O) groups is 4. The van der Waals surface area contributed by atoms with E-state index in [4.69, 9.17) is 39.5 Å². The molecule has 2 N–H and O–H groups in total. The van der Waals surface area contributed by atoms with Crippen LogP contribution >= 0.6 is 34.8 Å². The van der Waals surface area contributed by atoms with Gasteiger partial charge in [-0.1, -0.05) is 67.7 Å². The Morgan fingerprint density at radius 2 is 1.61 bits per heavy atom. The number of ketones is 1. The molecule has 3 atom stereocenters. The van der Waals surface area contributed by atoms with E-state index in [-0.39, 0.29) is 33.7 Å². The SMILES string of the molecule is COC(=O)[C@@H](Cc1ccc(NC(=O)c2c(Cl)cc(Cl)cc2Cl)cc1)NC(=O)[C@H]1CC[C@@](C)(C(C)=O)C1(C)C. The van der Waals surface area contributed by atoms with Gasteiger partial charge in [-0.3, -0.25) is 14.4 Å². The largest absolute Gasteiger partial charge is 0.467 e. The van der Waals surface area contributed by atoms with Gasteiger partial charge in [0, 0.05) is 28.5 Å². The van der Waals surface area contributed by atoms with Crippen LogP contribution in [0.2, 0.25) is 15.1 Å². The van der Waals surface area contributed by atoms with E-state index < -0.39 is 34.7 Å². The molecule has 0 aromatic heterocycles. The van der Waals surface area contributed by atoms with Gasteiger partial charge >= 0.3 is 5.97 Å². The average Bonchev–Trinajstić information content (AvgIpc) is 3.08. The van der Waals surface area contributed by atoms with Gasteiger partial charge in [0.25, 0.3) is 5.91 Å². The van der Waals surface area contributed by atoms with Gasteiger partial charge in [0.15, 0.2) is 0 Å². The Balaban J connectivity index is 1.71. The molecule has 7 nitrogen and oxygen atoms in total. The third kappa shape index (κ3) is 6.00. The molecule has 0 bridgehead atoms. The third-order valence-corrected chi connectivity index (χ3v) is 8.82. The normalized spacial score (nSPS) is 20.9. The molecule has 2 aromatic rings. The van der Waals surface area contributed by atoms with Gasteiger partial charge in [0.1, 0.15) is 11.8 Å². The van der Waals surface area contributed by atoms with Crippen molar-refractivity contribution < 1.29 is 23.9 Å². The Labute approximate surface area is 237 Å². The van der Waals surface area contributed by atoms with E-state index in [9.17, 15) is 19.2 Å². The summed E-state index contributed by atoms with van der Waals surface area (Å²) >= 11 is 18.2. The Hall–Kier alpha value is -2.61. The van der Waals surface area contributed by atoms with Crippen LogP contribution in [0, 0.1) is 16.7 Å². The molecule has 1 aliphatic rings. The number of anilines is 1. The number of amides is 2. The van der Waals surface area contributed by atoms with Gasteiger partial charge in [0.2, 0.25) is 5.91 Å². The lowest BCUT2D eigenvalue weighted by atomic mass is 9.63. The predicted molar refractivity (Wildman–Crippen MR) is 149 cm³/mol. The molecule has 1 fully saturated rings. The van der Waals surface area contributed by atoms with E-state index in [1.165, 1.54) is 19.2 Å². The molecule has 1 aliphatic carbocycles. The lowest BCUT2D eigenvalue weighted by molar-refractivity contribution is -0.146. The van der Waals surface area contributed by atoms with Gasteiger partial charge in [-0.15, -0.1) is 0 Å². The summed E-state index contributed by atoms with van der Waals surface area (Å²) in [5.74, 6) is -1.73. The van der Waals surface area contributed by atoms with Crippen LogP contribution in [0.3, 0.4) is 0 Å². The van der Waals surface area contributed by atoms with Gasteiger partial charge in [-0.2, -0.15) is 0 Å². The van der Waals surface area contributed by atoms with E-state index in [0.717, 1.165) is 5.56 Å². The Morgan fingerprint density at radius 3 is 2.11 bits per heavy atom. The summed E-state index contributed by atoms with van der Waals surface area (Å²) in [6, 6.07) is 8.74. The highest BCUT2D eigenvalue weighted by molar-refractivity contribution is 6.42. The molecule has 2 aromatic carbocycles. The molecule has 2 amide bonds. The van der Waals surface area contributed by atoms with Crippen molar-refractivity contribution in [3.05, 3.63) is 62.6 Å². The minimum absolute atomic E-state index is 0.0510. The zero-order chi connectivity index (χ0) is 28.4. The van der Waals surface area contributed by atoms with Crippen LogP contribution in [0.4, 0.5) is 5.69 Å². The Bertz CT molecular complexity index is 1240. The molecule has 0 saturated heterocycles. The summed E-state index contributed by atoms with van der Waals surface area (Å²) in [7, 11) is 1.26. The molecule has 0 heterocycles. The highest BCUT2D eigenvalue weighted by Crippen LogP contribution is 2.56. The van der Waals surface area contributed by atoms with Crippen molar-refractivity contribution in [1.82, 2.24) is 5.32 Å². The van der Waals surface area contributed by atoms with Crippen molar-refractivity contribution in [2.75, 3.05) is 12.4 Å². The second-order valence-electron chi connectivity index (χ2n) is 10.4. The molecule has 3 rings (SSSR count). The summed E-state index contributed by atoms with van der Waals surface area (Å²) in [6.45, 7) is 7.31. The van der Waals surface area contributed by atoms with Crippen LogP contribution in [0.5, 0.6) is 0 Å². The Morgan fingerprint density at radius 1 is 1.03 bits per heavy atom. The minimum Gasteiger partial charge on any atom is -0.467 e. The number of hydrogen-bond donors (Lipinski definition) is 2. The first-order valence-corrected chi connectivity index (χ1v) is 13.3. The third-order valence-electron chi connectivity index (χ3n) is 8.01. The zero-order valence-electron chi connectivity index (χ0n) is 21.9. The maximum absolute atomic E-state index is 13.3. The fourth-order valence-corrected chi connectivity index (χ4v) is 6.10. The van der Waals surface area contributed by atoms with Gasteiger partial charge < -0.3 is 15.4 Å². The van der Waals surface area contributed by atoms with Crippen LogP contribution in [0.25, 0.3) is 0 Å². The standard InChI is InChI=1S/C28H31Cl3N2O5/c1-15(34)28(4)11-10-19(27(28,2)3)24(35)33-22(26(37)38-5)12-16-6-8-18(9-7-16)32-25(36)23-20(30)13-17(29)14-21(23)31/h6-9,13-14,19,22H,10-12H2,1-5H3,(H,32,36)(H,33,35)/t19-,22-,28+/m1/s1. The molecule has 1 saturated carbocycles. The first-order chi connectivity index (χ1) is 17.7. The average molecular weight is 582 g/mol. The van der Waals surface area contributed by atoms with Crippen molar-refractivity contribution in [1.29, 1.82) is 0 Å². The summed E-state index contributed by atoms with van der Waals surface area (Å²) in [6.07, 6.45) is 1.34. The topological polar surface area (TPSA) is 102 Å². The first-order valence-electron chi connectivity index (χ1n) is 12.2. The first kappa shape index (κ1) is 29.9. The lowest BCUT2D eigenvalue weighted by Crippen LogP contribution is -2.49. The molecule has 0 spiro atoms. The number of esters is 1. The summed E-state index contributed by atoms with van der Waals surface area (Å²) < 4.78 is 4.94. The molecule has 10 heteroatoms. The molecule has 38 heavy (non-hydrogen) atoms. The summed E-state index contributed by atoms with van der Waals surface area (Å²) in [4.78, 5) is 50.8. The van der Waals surface area contributed by atoms with E-state index in [1.54, 1.807) is 31.2 Å². The van der Waals surface area contributed by atoms with Crippen molar-refractivity contribution in [3.8, 4) is 0 Å². The number of nitrogens with one attached hydrogen (secondary N) is 2. The monoisotopic (exact) mass is 580 g/mol. The summed E-state index contributed by atoms with van der Waals surface area (Å²) in [5, 5.41) is 6.14. The van der Waals surface area contributed by atoms with Crippen LogP contribution in [-0.2, 0) is 25.5 Å². The van der Waals surface area contributed by atoms with E-state index in [0.29, 0.717) is 23.6 Å². The minimum atomic E-state index is -0.917. The van der Waals surface area contributed by atoms with Gasteiger partial charge in [-0.25, -0.2) is 4.79 Å². The van der Waals surface area contributed by atoms with Crippen LogP contribution < -0.4 is 10.6 Å². The fraction of sp³-hybridized carbons (Fsp3) is 0.429. The molecule has 0 aliphatic heterocycles. The number of rotatable bonds is 8. The van der Waals surface area contributed by atoms with Gasteiger partial charge in [-0.05, 0) is 55.0 Å². The van der Waals surface area contributed by atoms with Crippen molar-refractivity contribution in [2.24, 2.45) is 16.7 Å². The summed E-state index contributed by atoms with van der Waals surface area (Å²) in [5.41, 5.74) is 0.137. The van der Waals surface area contributed by atoms with Crippen molar-refractivity contribution in [3.63, 3.8) is 0 Å². The number of halogens is 3. The maximum Gasteiger partial charge on any atom is 0.328 e. The van der Waals surface area contributed by atoms with Crippen LogP contribution in [0.1, 0.15) is 56.5 Å². The quantitative estimate of drug-likeness (QED) is 0.365. The number of carbonyl (C=O) groups excluding carboxylic acids is 4. The second-order valence-corrected chi connectivity index (χ2v) is 11.6. The molecular weight excluding hydrogens is 551 g/mol. The second kappa shape index (κ2) is 11.6. The van der Waals surface area contributed by atoms with E-state index in [1.807, 2.05) is 20.8 Å². The Kier molecular flexibility index (Phi) is 9.17. The highest BCUT2D eigenvalue weighted by Gasteiger charge is 2.56. The maximum atomic E-state index is 13.3. The van der Waals surface area contributed by atoms with E-state index in [2.05, 4.69) is 10.6 Å². The van der Waals surface area contributed by atoms with E-state index >= 15 is 0 Å². The number of ether oxygens (including phenoxy) is 1. The van der Waals surface area contributed by atoms with Crippen LogP contribution in [-0.4, -0.2) is 36.7 Å². The van der Waals surface area contributed by atoms with Crippen molar-refractivity contribution in [2.45, 2.75) is 53.0 Å². The number of benzene rings is 2. The molecule has 204 valence electrons. The predicted octanol–water partition coefficient (Wildman–Crippen LogP) is 6.13. The number of methoxy groups -OCH3 is 1. The lowest BCUT2D eigenvalue weighted by Gasteiger charge is -2.39.